The Balaban J connectivity index is 1.53. The fourth-order valence-corrected chi connectivity index (χ4v) is 3.32. The van der Waals surface area contributed by atoms with Crippen LogP contribution in [0.1, 0.15) is 16.2 Å². The van der Waals surface area contributed by atoms with E-state index in [1.165, 1.54) is 0 Å². The Morgan fingerprint density at radius 1 is 1.18 bits per heavy atom. The topological polar surface area (TPSA) is 74.4 Å². The fourth-order valence-electron chi connectivity index (χ4n) is 3.32. The summed E-state index contributed by atoms with van der Waals surface area (Å²) in [6.45, 7) is 2.79. The van der Waals surface area contributed by atoms with Crippen molar-refractivity contribution in [1.29, 1.82) is 0 Å². The number of fused-ring (bicyclic) bond motifs is 1. The maximum Gasteiger partial charge on any atom is 0.274 e. The lowest BCUT2D eigenvalue weighted by Gasteiger charge is -2.24. The third-order valence-electron chi connectivity index (χ3n) is 4.70. The Bertz CT molecular complexity index is 921. The molecule has 0 saturated carbocycles. The van der Waals surface area contributed by atoms with E-state index in [-0.39, 0.29) is 12.0 Å². The molecular weight excluding hydrogens is 358 g/mol. The first kappa shape index (κ1) is 18.2. The zero-order chi connectivity index (χ0) is 19.3. The highest BCUT2D eigenvalue weighted by atomic mass is 16.5. The first-order chi connectivity index (χ1) is 13.7. The molecule has 4 rings (SSSR count). The number of hydrogen-bond acceptors (Lipinski definition) is 5. The van der Waals surface area contributed by atoms with Crippen molar-refractivity contribution >= 4 is 5.91 Å². The van der Waals surface area contributed by atoms with Crippen molar-refractivity contribution in [2.45, 2.75) is 25.7 Å². The lowest BCUT2D eigenvalue weighted by Crippen LogP contribution is -2.39. The average molecular weight is 381 g/mol. The summed E-state index contributed by atoms with van der Waals surface area (Å²) >= 11 is 0. The van der Waals surface area contributed by atoms with Gasteiger partial charge < -0.3 is 18.9 Å². The highest BCUT2D eigenvalue weighted by Gasteiger charge is 2.28. The zero-order valence-corrected chi connectivity index (χ0v) is 15.8. The Morgan fingerprint density at radius 2 is 2.11 bits per heavy atom. The molecule has 0 fully saturated rings. The molecule has 0 radical (unpaired) electrons. The Kier molecular flexibility index (Phi) is 5.38. The molecule has 1 aliphatic heterocycles. The third-order valence-corrected chi connectivity index (χ3v) is 4.70. The van der Waals surface area contributed by atoms with Crippen LogP contribution >= 0.6 is 0 Å². The van der Waals surface area contributed by atoms with Crippen LogP contribution in [0.25, 0.3) is 0 Å². The molecule has 0 saturated heterocycles. The van der Waals surface area contributed by atoms with Crippen LogP contribution in [0.2, 0.25) is 0 Å². The maximum atomic E-state index is 13.1. The molecule has 0 N–H and O–H groups in total. The van der Waals surface area contributed by atoms with Crippen molar-refractivity contribution in [2.24, 2.45) is 0 Å². The molecule has 1 amide bonds. The van der Waals surface area contributed by atoms with Crippen LogP contribution in [0.15, 0.2) is 55.0 Å². The Labute approximate surface area is 163 Å². The van der Waals surface area contributed by atoms with Crippen molar-refractivity contribution in [3.63, 3.8) is 0 Å². The molecule has 0 aromatic carbocycles. The number of ether oxygens (including phenoxy) is 2. The second kappa shape index (κ2) is 8.26. The van der Waals surface area contributed by atoms with Crippen molar-refractivity contribution in [2.75, 3.05) is 20.3 Å². The van der Waals surface area contributed by atoms with Gasteiger partial charge in [0.2, 0.25) is 5.88 Å². The Morgan fingerprint density at radius 3 is 2.93 bits per heavy atom. The Hall–Kier alpha value is -3.13. The van der Waals surface area contributed by atoms with Gasteiger partial charge in [0.15, 0.2) is 0 Å². The number of amides is 1. The summed E-state index contributed by atoms with van der Waals surface area (Å²) in [5, 5.41) is 4.39. The van der Waals surface area contributed by atoms with Crippen LogP contribution in [-0.2, 0) is 24.4 Å². The minimum atomic E-state index is -0.205. The van der Waals surface area contributed by atoms with Gasteiger partial charge in [0.1, 0.15) is 11.8 Å². The summed E-state index contributed by atoms with van der Waals surface area (Å²) in [5.41, 5.74) is 1.49. The number of nitrogens with zero attached hydrogens (tertiary/aromatic N) is 5. The van der Waals surface area contributed by atoms with E-state index in [1.54, 1.807) is 35.2 Å². The molecule has 3 aromatic heterocycles. The predicted molar refractivity (Wildman–Crippen MR) is 102 cm³/mol. The quantitative estimate of drug-likeness (QED) is 0.651. The van der Waals surface area contributed by atoms with Crippen molar-refractivity contribution in [3.05, 3.63) is 66.4 Å². The summed E-state index contributed by atoms with van der Waals surface area (Å²) in [4.78, 5) is 19.1. The number of aromatic nitrogens is 4. The number of carbonyl (C=O) groups is 1. The number of methoxy groups -OCH3 is 1. The molecule has 0 aliphatic carbocycles. The van der Waals surface area contributed by atoms with E-state index in [9.17, 15) is 4.79 Å². The summed E-state index contributed by atoms with van der Waals surface area (Å²) < 4.78 is 15.0. The summed E-state index contributed by atoms with van der Waals surface area (Å²) in [7, 11) is 1.64. The van der Waals surface area contributed by atoms with Crippen molar-refractivity contribution in [1.82, 2.24) is 24.2 Å². The van der Waals surface area contributed by atoms with E-state index in [0.29, 0.717) is 44.4 Å². The van der Waals surface area contributed by atoms with Crippen LogP contribution < -0.4 is 4.74 Å². The summed E-state index contributed by atoms with van der Waals surface area (Å²) in [6, 6.07) is 11.3. The van der Waals surface area contributed by atoms with Gasteiger partial charge in [-0.25, -0.2) is 4.98 Å². The van der Waals surface area contributed by atoms with Crippen LogP contribution in [0.5, 0.6) is 5.88 Å². The normalized spacial score (nSPS) is 16.5. The van der Waals surface area contributed by atoms with Crippen LogP contribution in [-0.4, -0.2) is 56.5 Å². The van der Waals surface area contributed by atoms with Crippen LogP contribution in [0, 0.1) is 0 Å². The first-order valence-corrected chi connectivity index (χ1v) is 9.26. The van der Waals surface area contributed by atoms with Gasteiger partial charge in [-0.3, -0.25) is 9.48 Å². The predicted octanol–water partition coefficient (Wildman–Crippen LogP) is 1.83. The van der Waals surface area contributed by atoms with Gasteiger partial charge in [-0.1, -0.05) is 6.07 Å². The van der Waals surface area contributed by atoms with Gasteiger partial charge in [-0.15, -0.1) is 0 Å². The van der Waals surface area contributed by atoms with Crippen molar-refractivity contribution in [3.8, 4) is 5.88 Å². The highest BCUT2D eigenvalue weighted by molar-refractivity contribution is 5.92. The smallest absolute Gasteiger partial charge is 0.274 e. The van der Waals surface area contributed by atoms with E-state index >= 15 is 0 Å². The molecule has 146 valence electrons. The van der Waals surface area contributed by atoms with Crippen LogP contribution in [0.3, 0.4) is 0 Å². The molecule has 3 aromatic rings. The van der Waals surface area contributed by atoms with Gasteiger partial charge >= 0.3 is 0 Å². The van der Waals surface area contributed by atoms with Crippen LogP contribution in [0.4, 0.5) is 0 Å². The molecular formula is C20H23N5O3. The summed E-state index contributed by atoms with van der Waals surface area (Å²) in [6.07, 6.45) is 5.30. The molecule has 1 atom stereocenters. The van der Waals surface area contributed by atoms with Gasteiger partial charge in [0.25, 0.3) is 5.91 Å². The van der Waals surface area contributed by atoms with Gasteiger partial charge in [0, 0.05) is 37.5 Å². The van der Waals surface area contributed by atoms with E-state index in [4.69, 9.17) is 9.47 Å². The number of pyridine rings is 1. The minimum absolute atomic E-state index is 0.111. The van der Waals surface area contributed by atoms with Crippen molar-refractivity contribution < 1.29 is 14.3 Å². The monoisotopic (exact) mass is 381 g/mol. The molecule has 1 aliphatic rings. The van der Waals surface area contributed by atoms with E-state index in [0.717, 1.165) is 5.69 Å². The van der Waals surface area contributed by atoms with Gasteiger partial charge in [0.05, 0.1) is 32.8 Å². The summed E-state index contributed by atoms with van der Waals surface area (Å²) in [5.74, 6) is 0.444. The first-order valence-electron chi connectivity index (χ1n) is 9.26. The minimum Gasteiger partial charge on any atom is -0.471 e. The highest BCUT2D eigenvalue weighted by Crippen LogP contribution is 2.19. The molecule has 4 heterocycles. The van der Waals surface area contributed by atoms with Gasteiger partial charge in [-0.05, 0) is 24.3 Å². The van der Waals surface area contributed by atoms with Gasteiger partial charge in [-0.2, -0.15) is 5.10 Å². The molecule has 0 spiro atoms. The second-order valence-electron chi connectivity index (χ2n) is 6.70. The second-order valence-corrected chi connectivity index (χ2v) is 6.70. The SMILES string of the molecule is COCCn1ccc(C(=O)N2Cc3cccn3CC(Oc3ccccn3)C2)n1. The lowest BCUT2D eigenvalue weighted by molar-refractivity contribution is 0.0639. The number of hydrogen-bond donors (Lipinski definition) is 0. The van der Waals surface area contributed by atoms with E-state index < -0.39 is 0 Å². The molecule has 28 heavy (non-hydrogen) atoms. The average Bonchev–Trinajstić information content (AvgIpc) is 3.32. The maximum absolute atomic E-state index is 13.1. The zero-order valence-electron chi connectivity index (χ0n) is 15.8. The standard InChI is InChI=1S/C20H23N5O3/c1-27-12-11-25-10-7-18(22-25)20(26)24-13-16-5-4-9-23(16)14-17(15-24)28-19-6-2-3-8-21-19/h2-10,17H,11-15H2,1H3. The third kappa shape index (κ3) is 4.07. The molecule has 1 unspecified atom stereocenters. The van der Waals surface area contributed by atoms with E-state index in [1.807, 2.05) is 36.5 Å². The fraction of sp³-hybridized carbons (Fsp3) is 0.350. The molecule has 0 bridgehead atoms. The number of carbonyl (C=O) groups excluding carboxylic acids is 1. The molecule has 8 nitrogen and oxygen atoms in total. The largest absolute Gasteiger partial charge is 0.471 e. The molecule has 8 heteroatoms. The van der Waals surface area contributed by atoms with E-state index in [2.05, 4.69) is 14.6 Å². The number of rotatable bonds is 6. The lowest BCUT2D eigenvalue weighted by atomic mass is 10.3.